The molecular weight excluding hydrogens is 366 g/mol. The highest BCUT2D eigenvalue weighted by atomic mass is 32.2. The highest BCUT2D eigenvalue weighted by Gasteiger charge is 2.25. The van der Waals surface area contributed by atoms with Crippen LogP contribution in [-0.4, -0.2) is 68.3 Å². The molecule has 1 aromatic carbocycles. The monoisotopic (exact) mass is 387 g/mol. The lowest BCUT2D eigenvalue weighted by Gasteiger charge is -2.17. The molecule has 138 valence electrons. The Hall–Kier alpha value is -1.78. The van der Waals surface area contributed by atoms with Gasteiger partial charge >= 0.3 is 0 Å². The average Bonchev–Trinajstić information content (AvgIpc) is 2.93. The molecule has 0 spiro atoms. The highest BCUT2D eigenvalue weighted by molar-refractivity contribution is 8.13. The molecule has 0 atom stereocenters. The van der Waals surface area contributed by atoms with Crippen LogP contribution in [0.15, 0.2) is 23.1 Å². The Kier molecular flexibility index (Phi) is 6.31. The molecule has 0 saturated carbocycles. The van der Waals surface area contributed by atoms with Crippen molar-refractivity contribution in [1.82, 2.24) is 9.21 Å². The van der Waals surface area contributed by atoms with Gasteiger partial charge in [0.1, 0.15) is 17.2 Å². The lowest BCUT2D eigenvalue weighted by Crippen LogP contribution is -2.33. The van der Waals surface area contributed by atoms with Crippen molar-refractivity contribution in [3.63, 3.8) is 0 Å². The number of rotatable bonds is 7. The standard InChI is InChI=1S/C15H21N3O5S2/c1-4-23-12-6-5-11(9-13(12)25(21,22)17(2)3)16-14(19)10-18-7-8-24-15(18)20/h5-6,9H,4,7-8,10H2,1-3H3,(H,16,19). The second kappa shape index (κ2) is 8.07. The van der Waals surface area contributed by atoms with E-state index in [9.17, 15) is 18.0 Å². The van der Waals surface area contributed by atoms with Crippen LogP contribution in [0.1, 0.15) is 6.92 Å². The number of nitrogens with one attached hydrogen (secondary N) is 1. The topological polar surface area (TPSA) is 96.0 Å². The molecule has 1 saturated heterocycles. The van der Waals surface area contributed by atoms with E-state index in [0.29, 0.717) is 24.6 Å². The van der Waals surface area contributed by atoms with Crippen molar-refractivity contribution in [2.45, 2.75) is 11.8 Å². The maximum absolute atomic E-state index is 12.5. The molecule has 1 fully saturated rings. The van der Waals surface area contributed by atoms with Crippen LogP contribution in [0, 0.1) is 0 Å². The van der Waals surface area contributed by atoms with Gasteiger partial charge in [0, 0.05) is 32.1 Å². The van der Waals surface area contributed by atoms with E-state index in [2.05, 4.69) is 5.32 Å². The fraction of sp³-hybridized carbons (Fsp3) is 0.467. The van der Waals surface area contributed by atoms with Crippen molar-refractivity contribution in [1.29, 1.82) is 0 Å². The summed E-state index contributed by atoms with van der Waals surface area (Å²) in [6, 6.07) is 4.43. The summed E-state index contributed by atoms with van der Waals surface area (Å²) in [7, 11) is -0.883. The third-order valence-corrected chi connectivity index (χ3v) is 6.19. The third kappa shape index (κ3) is 4.65. The first-order valence-corrected chi connectivity index (χ1v) is 10.1. The number of thioether (sulfide) groups is 1. The molecule has 2 rings (SSSR count). The van der Waals surface area contributed by atoms with Crippen molar-refractivity contribution in [2.75, 3.05) is 44.9 Å². The predicted molar refractivity (Wildman–Crippen MR) is 96.5 cm³/mol. The number of nitrogens with zero attached hydrogens (tertiary/aromatic N) is 2. The number of carbonyl (C=O) groups excluding carboxylic acids is 2. The highest BCUT2D eigenvalue weighted by Crippen LogP contribution is 2.29. The first kappa shape index (κ1) is 19.5. The van der Waals surface area contributed by atoms with Gasteiger partial charge in [0.15, 0.2) is 0 Å². The zero-order valence-corrected chi connectivity index (χ0v) is 15.9. The maximum atomic E-state index is 12.5. The van der Waals surface area contributed by atoms with Crippen molar-refractivity contribution < 1.29 is 22.7 Å². The molecule has 0 aromatic heterocycles. The summed E-state index contributed by atoms with van der Waals surface area (Å²) in [4.78, 5) is 25.1. The van der Waals surface area contributed by atoms with Crippen molar-refractivity contribution >= 4 is 38.6 Å². The molecule has 1 N–H and O–H groups in total. The smallest absolute Gasteiger partial charge is 0.282 e. The summed E-state index contributed by atoms with van der Waals surface area (Å²) >= 11 is 1.18. The van der Waals surface area contributed by atoms with Crippen molar-refractivity contribution in [3.8, 4) is 5.75 Å². The fourth-order valence-electron chi connectivity index (χ4n) is 2.20. The van der Waals surface area contributed by atoms with Gasteiger partial charge in [-0.1, -0.05) is 11.8 Å². The number of benzene rings is 1. The van der Waals surface area contributed by atoms with E-state index in [-0.39, 0.29) is 28.3 Å². The van der Waals surface area contributed by atoms with Gasteiger partial charge in [0.2, 0.25) is 15.9 Å². The number of amides is 2. The largest absolute Gasteiger partial charge is 0.492 e. The number of hydrogen-bond acceptors (Lipinski definition) is 6. The minimum absolute atomic E-state index is 0.0232. The summed E-state index contributed by atoms with van der Waals surface area (Å²) in [6.07, 6.45) is 0. The van der Waals surface area contributed by atoms with Crippen molar-refractivity contribution in [3.05, 3.63) is 18.2 Å². The Morgan fingerprint density at radius 2 is 2.12 bits per heavy atom. The molecule has 2 amide bonds. The van der Waals surface area contributed by atoms with Crippen LogP contribution in [0.5, 0.6) is 5.75 Å². The molecule has 8 nitrogen and oxygen atoms in total. The first-order chi connectivity index (χ1) is 11.8. The summed E-state index contributed by atoms with van der Waals surface area (Å²) in [6.45, 7) is 2.54. The van der Waals surface area contributed by atoms with E-state index in [1.807, 2.05) is 0 Å². The molecule has 0 bridgehead atoms. The number of sulfonamides is 1. The normalized spacial score (nSPS) is 14.9. The predicted octanol–water partition coefficient (Wildman–Crippen LogP) is 1.44. The van der Waals surface area contributed by atoms with Crippen LogP contribution in [0.4, 0.5) is 10.5 Å². The van der Waals surface area contributed by atoms with Gasteiger partial charge in [0.25, 0.3) is 5.24 Å². The molecule has 10 heteroatoms. The van der Waals surface area contributed by atoms with E-state index in [0.717, 1.165) is 4.31 Å². The average molecular weight is 387 g/mol. The minimum atomic E-state index is -3.73. The molecule has 1 aliphatic rings. The Bertz CT molecular complexity index is 764. The maximum Gasteiger partial charge on any atom is 0.282 e. The lowest BCUT2D eigenvalue weighted by atomic mass is 10.3. The molecule has 1 aromatic rings. The third-order valence-electron chi connectivity index (χ3n) is 3.47. The van der Waals surface area contributed by atoms with Gasteiger partial charge in [-0.2, -0.15) is 0 Å². The first-order valence-electron chi connectivity index (χ1n) is 7.66. The number of anilines is 1. The van der Waals surface area contributed by atoms with E-state index in [1.165, 1.54) is 42.9 Å². The van der Waals surface area contributed by atoms with Crippen LogP contribution in [0.3, 0.4) is 0 Å². The number of ether oxygens (including phenoxy) is 1. The Labute approximate surface area is 151 Å². The van der Waals surface area contributed by atoms with E-state index in [1.54, 1.807) is 13.0 Å². The number of hydrogen-bond donors (Lipinski definition) is 1. The van der Waals surface area contributed by atoms with Gasteiger partial charge < -0.3 is 15.0 Å². The van der Waals surface area contributed by atoms with Gasteiger partial charge in [0.05, 0.1) is 6.61 Å². The summed E-state index contributed by atoms with van der Waals surface area (Å²) in [5.74, 6) is 0.508. The molecule has 1 aliphatic heterocycles. The van der Waals surface area contributed by atoms with Crippen LogP contribution in [0.25, 0.3) is 0 Å². The number of carbonyl (C=O) groups is 2. The SMILES string of the molecule is CCOc1ccc(NC(=O)CN2CCSC2=O)cc1S(=O)(=O)N(C)C. The zero-order chi connectivity index (χ0) is 18.6. The second-order valence-corrected chi connectivity index (χ2v) is 8.63. The summed E-state index contributed by atoms with van der Waals surface area (Å²) < 4.78 is 31.4. The Balaban J connectivity index is 2.21. The van der Waals surface area contributed by atoms with Gasteiger partial charge in [-0.05, 0) is 25.1 Å². The van der Waals surface area contributed by atoms with Crippen LogP contribution >= 0.6 is 11.8 Å². The fourth-order valence-corrected chi connectivity index (χ4v) is 4.08. The van der Waals surface area contributed by atoms with Crippen LogP contribution < -0.4 is 10.1 Å². The minimum Gasteiger partial charge on any atom is -0.492 e. The van der Waals surface area contributed by atoms with Crippen molar-refractivity contribution in [2.24, 2.45) is 0 Å². The van der Waals surface area contributed by atoms with E-state index in [4.69, 9.17) is 4.74 Å². The molecule has 1 heterocycles. The van der Waals surface area contributed by atoms with Gasteiger partial charge in [-0.15, -0.1) is 0 Å². The van der Waals surface area contributed by atoms with Crippen LogP contribution in [0.2, 0.25) is 0 Å². The van der Waals surface area contributed by atoms with E-state index >= 15 is 0 Å². The molecule has 0 unspecified atom stereocenters. The quantitative estimate of drug-likeness (QED) is 0.761. The lowest BCUT2D eigenvalue weighted by molar-refractivity contribution is -0.116. The molecule has 0 radical (unpaired) electrons. The molecular formula is C15H21N3O5S2. The Morgan fingerprint density at radius 3 is 2.68 bits per heavy atom. The summed E-state index contributed by atoms with van der Waals surface area (Å²) in [5, 5.41) is 2.50. The van der Waals surface area contributed by atoms with Crippen LogP contribution in [-0.2, 0) is 14.8 Å². The van der Waals surface area contributed by atoms with E-state index < -0.39 is 10.0 Å². The van der Waals surface area contributed by atoms with Gasteiger partial charge in [-0.3, -0.25) is 9.59 Å². The second-order valence-electron chi connectivity index (χ2n) is 5.47. The molecule has 0 aliphatic carbocycles. The molecule has 25 heavy (non-hydrogen) atoms. The Morgan fingerprint density at radius 1 is 1.40 bits per heavy atom. The zero-order valence-electron chi connectivity index (χ0n) is 14.3. The van der Waals surface area contributed by atoms with Gasteiger partial charge in [-0.25, -0.2) is 12.7 Å². The summed E-state index contributed by atoms with van der Waals surface area (Å²) in [5.41, 5.74) is 0.327.